The number of thiocarbonyl (C=S) groups is 1. The number of nitrogens with zero attached hydrogens (tertiary/aromatic N) is 1. The molecule has 0 spiro atoms. The fraction of sp³-hybridized carbons (Fsp3) is 0.833. The molecule has 2 aliphatic carbocycles. The average molecular weight is 255 g/mol. The lowest BCUT2D eigenvalue weighted by molar-refractivity contribution is -0.122. The Bertz CT molecular complexity index is 298. The monoisotopic (exact) mass is 255 g/mol. The summed E-state index contributed by atoms with van der Waals surface area (Å²) in [5.74, 6) is 0.121. The fourth-order valence-corrected chi connectivity index (χ4v) is 2.63. The van der Waals surface area contributed by atoms with Crippen molar-refractivity contribution in [2.24, 2.45) is 5.73 Å². The SMILES string of the molecule is NC(=S)CN(CC(=O)NC1CC1)C1CCCC1. The van der Waals surface area contributed by atoms with Gasteiger partial charge in [0.05, 0.1) is 11.5 Å². The van der Waals surface area contributed by atoms with Gasteiger partial charge in [-0.25, -0.2) is 0 Å². The van der Waals surface area contributed by atoms with Crippen molar-refractivity contribution >= 4 is 23.1 Å². The maximum atomic E-state index is 11.8. The Morgan fingerprint density at radius 1 is 1.24 bits per heavy atom. The van der Waals surface area contributed by atoms with Gasteiger partial charge in [0, 0.05) is 18.6 Å². The Balaban J connectivity index is 1.84. The molecule has 0 aliphatic heterocycles. The van der Waals surface area contributed by atoms with Gasteiger partial charge in [-0.3, -0.25) is 9.69 Å². The van der Waals surface area contributed by atoms with Crippen LogP contribution in [0.3, 0.4) is 0 Å². The van der Waals surface area contributed by atoms with E-state index in [0.29, 0.717) is 30.2 Å². The summed E-state index contributed by atoms with van der Waals surface area (Å²) in [7, 11) is 0. The molecule has 0 saturated heterocycles. The van der Waals surface area contributed by atoms with Crippen molar-refractivity contribution in [1.82, 2.24) is 10.2 Å². The van der Waals surface area contributed by atoms with Crippen LogP contribution in [0.5, 0.6) is 0 Å². The van der Waals surface area contributed by atoms with Gasteiger partial charge in [-0.05, 0) is 25.7 Å². The first-order valence-electron chi connectivity index (χ1n) is 6.47. The van der Waals surface area contributed by atoms with Gasteiger partial charge in [0.25, 0.3) is 0 Å². The largest absolute Gasteiger partial charge is 0.392 e. The van der Waals surface area contributed by atoms with E-state index in [0.717, 1.165) is 12.8 Å². The van der Waals surface area contributed by atoms with Crippen LogP contribution in [0.2, 0.25) is 0 Å². The van der Waals surface area contributed by atoms with E-state index in [-0.39, 0.29) is 5.91 Å². The number of nitrogens with two attached hydrogens (primary N) is 1. The van der Waals surface area contributed by atoms with Crippen molar-refractivity contribution in [2.45, 2.75) is 50.6 Å². The van der Waals surface area contributed by atoms with Crippen molar-refractivity contribution in [3.8, 4) is 0 Å². The fourth-order valence-electron chi connectivity index (χ4n) is 2.47. The average Bonchev–Trinajstić information content (AvgIpc) is 2.90. The van der Waals surface area contributed by atoms with E-state index in [4.69, 9.17) is 18.0 Å². The molecule has 4 nitrogen and oxygen atoms in total. The van der Waals surface area contributed by atoms with Crippen molar-refractivity contribution in [3.63, 3.8) is 0 Å². The lowest BCUT2D eigenvalue weighted by Gasteiger charge is -2.27. The van der Waals surface area contributed by atoms with Gasteiger partial charge in [0.1, 0.15) is 0 Å². The molecule has 3 N–H and O–H groups in total. The van der Waals surface area contributed by atoms with Gasteiger partial charge in [0.15, 0.2) is 0 Å². The second kappa shape index (κ2) is 5.78. The molecule has 0 aromatic carbocycles. The van der Waals surface area contributed by atoms with Crippen LogP contribution in [0.15, 0.2) is 0 Å². The van der Waals surface area contributed by atoms with Crippen molar-refractivity contribution in [1.29, 1.82) is 0 Å². The van der Waals surface area contributed by atoms with E-state index >= 15 is 0 Å². The molecule has 2 fully saturated rings. The third-order valence-corrected chi connectivity index (χ3v) is 3.62. The molecule has 2 aliphatic rings. The zero-order chi connectivity index (χ0) is 12.3. The zero-order valence-corrected chi connectivity index (χ0v) is 11.0. The van der Waals surface area contributed by atoms with Gasteiger partial charge in [-0.1, -0.05) is 25.1 Å². The highest BCUT2D eigenvalue weighted by Crippen LogP contribution is 2.23. The molecule has 5 heteroatoms. The van der Waals surface area contributed by atoms with Crippen LogP contribution in [-0.4, -0.2) is 41.0 Å². The summed E-state index contributed by atoms with van der Waals surface area (Å²) in [5.41, 5.74) is 5.61. The van der Waals surface area contributed by atoms with Crippen molar-refractivity contribution in [2.75, 3.05) is 13.1 Å². The highest BCUT2D eigenvalue weighted by atomic mass is 32.1. The highest BCUT2D eigenvalue weighted by Gasteiger charge is 2.27. The van der Waals surface area contributed by atoms with E-state index in [1.54, 1.807) is 0 Å². The van der Waals surface area contributed by atoms with Crippen LogP contribution in [-0.2, 0) is 4.79 Å². The molecule has 17 heavy (non-hydrogen) atoms. The molecular formula is C12H21N3OS. The molecule has 0 heterocycles. The molecule has 0 unspecified atom stereocenters. The van der Waals surface area contributed by atoms with Crippen LogP contribution >= 0.6 is 12.2 Å². The predicted molar refractivity (Wildman–Crippen MR) is 71.8 cm³/mol. The van der Waals surface area contributed by atoms with E-state index in [2.05, 4.69) is 10.2 Å². The summed E-state index contributed by atoms with van der Waals surface area (Å²) in [6, 6.07) is 0.916. The number of carbonyl (C=O) groups is 1. The number of amides is 1. The molecule has 2 saturated carbocycles. The summed E-state index contributed by atoms with van der Waals surface area (Å²) in [6.07, 6.45) is 7.10. The summed E-state index contributed by atoms with van der Waals surface area (Å²) in [5, 5.41) is 3.02. The first kappa shape index (κ1) is 12.8. The molecule has 0 aromatic rings. The summed E-state index contributed by atoms with van der Waals surface area (Å²) in [4.78, 5) is 14.4. The highest BCUT2D eigenvalue weighted by molar-refractivity contribution is 7.80. The number of hydrogen-bond acceptors (Lipinski definition) is 3. The first-order chi connectivity index (χ1) is 8.15. The van der Waals surface area contributed by atoms with E-state index in [1.807, 2.05) is 0 Å². The lowest BCUT2D eigenvalue weighted by Crippen LogP contribution is -2.45. The maximum absolute atomic E-state index is 11.8. The standard InChI is InChI=1S/C12H21N3OS/c13-11(17)7-15(10-3-1-2-4-10)8-12(16)14-9-5-6-9/h9-10H,1-8H2,(H2,13,17)(H,14,16). The van der Waals surface area contributed by atoms with E-state index < -0.39 is 0 Å². The van der Waals surface area contributed by atoms with E-state index in [9.17, 15) is 4.79 Å². The Morgan fingerprint density at radius 2 is 1.88 bits per heavy atom. The third-order valence-electron chi connectivity index (χ3n) is 3.49. The second-order valence-corrected chi connectivity index (χ2v) is 5.68. The van der Waals surface area contributed by atoms with E-state index in [1.165, 1.54) is 25.7 Å². The lowest BCUT2D eigenvalue weighted by atomic mass is 10.2. The van der Waals surface area contributed by atoms with Crippen LogP contribution in [0.1, 0.15) is 38.5 Å². The Hall–Kier alpha value is -0.680. The van der Waals surface area contributed by atoms with Crippen molar-refractivity contribution < 1.29 is 4.79 Å². The normalized spacial score (nSPS) is 20.8. The second-order valence-electron chi connectivity index (χ2n) is 5.15. The van der Waals surface area contributed by atoms with Crippen LogP contribution in [0.25, 0.3) is 0 Å². The van der Waals surface area contributed by atoms with Crippen LogP contribution < -0.4 is 11.1 Å². The first-order valence-corrected chi connectivity index (χ1v) is 6.87. The molecule has 0 radical (unpaired) electrons. The molecule has 2 rings (SSSR count). The van der Waals surface area contributed by atoms with Crippen LogP contribution in [0, 0.1) is 0 Å². The summed E-state index contributed by atoms with van der Waals surface area (Å²) in [6.45, 7) is 1.01. The van der Waals surface area contributed by atoms with Gasteiger partial charge < -0.3 is 11.1 Å². The van der Waals surface area contributed by atoms with Gasteiger partial charge in [-0.15, -0.1) is 0 Å². The van der Waals surface area contributed by atoms with Gasteiger partial charge in [-0.2, -0.15) is 0 Å². The molecule has 0 bridgehead atoms. The molecule has 0 aromatic heterocycles. The quantitative estimate of drug-likeness (QED) is 0.689. The Labute approximate surface area is 108 Å². The number of hydrogen-bond donors (Lipinski definition) is 2. The van der Waals surface area contributed by atoms with Crippen molar-refractivity contribution in [3.05, 3.63) is 0 Å². The molecule has 1 amide bonds. The van der Waals surface area contributed by atoms with Gasteiger partial charge in [0.2, 0.25) is 5.91 Å². The van der Waals surface area contributed by atoms with Crippen LogP contribution in [0.4, 0.5) is 0 Å². The minimum absolute atomic E-state index is 0.121. The minimum Gasteiger partial charge on any atom is -0.392 e. The number of carbonyl (C=O) groups excluding carboxylic acids is 1. The Kier molecular flexibility index (Phi) is 4.34. The predicted octanol–water partition coefficient (Wildman–Crippen LogP) is 0.796. The molecular weight excluding hydrogens is 234 g/mol. The minimum atomic E-state index is 0.121. The topological polar surface area (TPSA) is 58.4 Å². The number of rotatable bonds is 6. The maximum Gasteiger partial charge on any atom is 0.234 e. The smallest absolute Gasteiger partial charge is 0.234 e. The summed E-state index contributed by atoms with van der Waals surface area (Å²) < 4.78 is 0. The molecule has 96 valence electrons. The zero-order valence-electron chi connectivity index (χ0n) is 10.2. The Morgan fingerprint density at radius 3 is 2.41 bits per heavy atom. The number of nitrogens with one attached hydrogen (secondary N) is 1. The molecule has 0 atom stereocenters. The van der Waals surface area contributed by atoms with Gasteiger partial charge >= 0.3 is 0 Å². The summed E-state index contributed by atoms with van der Waals surface area (Å²) >= 11 is 4.96. The third kappa shape index (κ3) is 4.24.